The summed E-state index contributed by atoms with van der Waals surface area (Å²) in [5.74, 6) is 0. The second-order valence-corrected chi connectivity index (χ2v) is 6.41. The van der Waals surface area contributed by atoms with Crippen molar-refractivity contribution in [2.75, 3.05) is 0 Å². The summed E-state index contributed by atoms with van der Waals surface area (Å²) in [6.07, 6.45) is 0.203. The lowest BCUT2D eigenvalue weighted by Gasteiger charge is -2.16. The van der Waals surface area contributed by atoms with E-state index in [4.69, 9.17) is 0 Å². The zero-order valence-electron chi connectivity index (χ0n) is 12.5. The zero-order valence-corrected chi connectivity index (χ0v) is 14.1. The van der Waals surface area contributed by atoms with Crippen molar-refractivity contribution in [3.63, 3.8) is 0 Å². The highest BCUT2D eigenvalue weighted by atomic mass is 79.9. The first-order chi connectivity index (χ1) is 9.38. The second kappa shape index (κ2) is 6.11. The zero-order chi connectivity index (χ0) is 14.9. The lowest BCUT2D eigenvalue weighted by molar-refractivity contribution is 0.178. The molecule has 106 valence electrons. The van der Waals surface area contributed by atoms with E-state index in [0.717, 1.165) is 10.0 Å². The van der Waals surface area contributed by atoms with Gasteiger partial charge < -0.3 is 5.11 Å². The Morgan fingerprint density at radius 1 is 0.950 bits per heavy atom. The number of halogens is 1. The number of benzene rings is 2. The molecule has 0 bridgehead atoms. The predicted octanol–water partition coefficient (Wildman–Crippen LogP) is 4.96. The Balaban J connectivity index is 2.28. The summed E-state index contributed by atoms with van der Waals surface area (Å²) in [4.78, 5) is 0. The van der Waals surface area contributed by atoms with Gasteiger partial charge in [0.15, 0.2) is 0 Å². The molecule has 0 fully saturated rings. The number of aliphatic hydroxyl groups is 1. The van der Waals surface area contributed by atoms with Gasteiger partial charge in [-0.2, -0.15) is 0 Å². The Kier molecular flexibility index (Phi) is 4.66. The van der Waals surface area contributed by atoms with Gasteiger partial charge in [0.25, 0.3) is 0 Å². The third-order valence-electron chi connectivity index (χ3n) is 3.76. The average Bonchev–Trinajstić information content (AvgIpc) is 2.39. The van der Waals surface area contributed by atoms with Gasteiger partial charge in [-0.25, -0.2) is 0 Å². The molecule has 0 aromatic heterocycles. The molecule has 0 spiro atoms. The largest absolute Gasteiger partial charge is 0.388 e. The molecule has 0 aliphatic rings. The molecule has 2 heteroatoms. The van der Waals surface area contributed by atoms with Crippen LogP contribution in [0, 0.1) is 27.7 Å². The van der Waals surface area contributed by atoms with Gasteiger partial charge in [-0.05, 0) is 55.5 Å². The van der Waals surface area contributed by atoms with Crippen LogP contribution in [0.3, 0.4) is 0 Å². The van der Waals surface area contributed by atoms with E-state index in [1.54, 1.807) is 0 Å². The van der Waals surface area contributed by atoms with E-state index < -0.39 is 6.10 Å². The van der Waals surface area contributed by atoms with Gasteiger partial charge in [0.2, 0.25) is 0 Å². The van der Waals surface area contributed by atoms with E-state index in [9.17, 15) is 5.11 Å². The fourth-order valence-electron chi connectivity index (χ4n) is 2.52. The SMILES string of the molecule is Cc1ccc(C)c(CC(O)c2cc(C)c(Br)c(C)c2)c1. The Labute approximate surface area is 129 Å². The smallest absolute Gasteiger partial charge is 0.0830 e. The summed E-state index contributed by atoms with van der Waals surface area (Å²) >= 11 is 3.57. The number of hydrogen-bond acceptors (Lipinski definition) is 1. The van der Waals surface area contributed by atoms with E-state index in [2.05, 4.69) is 74.0 Å². The van der Waals surface area contributed by atoms with Crippen LogP contribution in [0.25, 0.3) is 0 Å². The Morgan fingerprint density at radius 2 is 1.55 bits per heavy atom. The molecule has 0 saturated heterocycles. The van der Waals surface area contributed by atoms with Gasteiger partial charge in [-0.1, -0.05) is 51.8 Å². The Hall–Kier alpha value is -1.12. The Morgan fingerprint density at radius 3 is 2.15 bits per heavy atom. The highest BCUT2D eigenvalue weighted by Crippen LogP contribution is 2.28. The molecule has 2 aromatic carbocycles. The highest BCUT2D eigenvalue weighted by Gasteiger charge is 2.13. The van der Waals surface area contributed by atoms with Crippen LogP contribution in [0.4, 0.5) is 0 Å². The van der Waals surface area contributed by atoms with Crippen molar-refractivity contribution in [3.05, 3.63) is 68.2 Å². The van der Waals surface area contributed by atoms with Gasteiger partial charge in [-0.3, -0.25) is 0 Å². The molecule has 1 nitrogen and oxygen atoms in total. The van der Waals surface area contributed by atoms with Crippen LogP contribution in [0.1, 0.15) is 39.5 Å². The Bertz CT molecular complexity index is 608. The van der Waals surface area contributed by atoms with Crippen molar-refractivity contribution >= 4 is 15.9 Å². The summed E-state index contributed by atoms with van der Waals surface area (Å²) in [5.41, 5.74) is 7.01. The number of rotatable bonds is 3. The van der Waals surface area contributed by atoms with Crippen LogP contribution < -0.4 is 0 Å². The van der Waals surface area contributed by atoms with Crippen LogP contribution in [0.15, 0.2) is 34.8 Å². The van der Waals surface area contributed by atoms with Crippen LogP contribution >= 0.6 is 15.9 Å². The van der Waals surface area contributed by atoms with E-state index >= 15 is 0 Å². The van der Waals surface area contributed by atoms with E-state index in [-0.39, 0.29) is 0 Å². The first-order valence-electron chi connectivity index (χ1n) is 6.89. The molecule has 1 unspecified atom stereocenters. The first kappa shape index (κ1) is 15.3. The van der Waals surface area contributed by atoms with Crippen LogP contribution in [0.5, 0.6) is 0 Å². The van der Waals surface area contributed by atoms with E-state index in [0.29, 0.717) is 6.42 Å². The van der Waals surface area contributed by atoms with Crippen molar-refractivity contribution in [2.24, 2.45) is 0 Å². The average molecular weight is 333 g/mol. The lowest BCUT2D eigenvalue weighted by Crippen LogP contribution is -2.04. The van der Waals surface area contributed by atoms with Gasteiger partial charge >= 0.3 is 0 Å². The third-order valence-corrected chi connectivity index (χ3v) is 5.01. The van der Waals surface area contributed by atoms with E-state index in [1.807, 2.05) is 0 Å². The molecular formula is C18H21BrO. The first-order valence-corrected chi connectivity index (χ1v) is 7.68. The van der Waals surface area contributed by atoms with Gasteiger partial charge in [0.1, 0.15) is 0 Å². The predicted molar refractivity (Wildman–Crippen MR) is 88.2 cm³/mol. The molecule has 1 atom stereocenters. The fourth-order valence-corrected chi connectivity index (χ4v) is 2.75. The van der Waals surface area contributed by atoms with E-state index in [1.165, 1.54) is 27.8 Å². The molecular weight excluding hydrogens is 312 g/mol. The summed E-state index contributed by atoms with van der Waals surface area (Å²) in [5, 5.41) is 10.5. The molecule has 0 saturated carbocycles. The topological polar surface area (TPSA) is 20.2 Å². The third kappa shape index (κ3) is 3.31. The molecule has 0 amide bonds. The normalized spacial score (nSPS) is 12.5. The highest BCUT2D eigenvalue weighted by molar-refractivity contribution is 9.10. The van der Waals surface area contributed by atoms with Crippen molar-refractivity contribution in [1.82, 2.24) is 0 Å². The van der Waals surface area contributed by atoms with Crippen molar-refractivity contribution < 1.29 is 5.11 Å². The van der Waals surface area contributed by atoms with Crippen molar-refractivity contribution in [1.29, 1.82) is 0 Å². The summed E-state index contributed by atoms with van der Waals surface area (Å²) in [6, 6.07) is 10.5. The quantitative estimate of drug-likeness (QED) is 0.842. The van der Waals surface area contributed by atoms with Crippen LogP contribution in [-0.2, 0) is 6.42 Å². The molecule has 0 heterocycles. The lowest BCUT2D eigenvalue weighted by atomic mass is 9.95. The minimum absolute atomic E-state index is 0.457. The summed E-state index contributed by atoms with van der Waals surface area (Å²) in [6.45, 7) is 8.30. The van der Waals surface area contributed by atoms with Crippen molar-refractivity contribution in [2.45, 2.75) is 40.2 Å². The molecule has 0 aliphatic heterocycles. The minimum Gasteiger partial charge on any atom is -0.388 e. The molecule has 0 radical (unpaired) electrons. The van der Waals surface area contributed by atoms with Crippen molar-refractivity contribution in [3.8, 4) is 0 Å². The molecule has 1 N–H and O–H groups in total. The summed E-state index contributed by atoms with van der Waals surface area (Å²) < 4.78 is 1.13. The molecule has 2 aromatic rings. The summed E-state index contributed by atoms with van der Waals surface area (Å²) in [7, 11) is 0. The fraction of sp³-hybridized carbons (Fsp3) is 0.333. The monoisotopic (exact) mass is 332 g/mol. The maximum Gasteiger partial charge on any atom is 0.0830 e. The standard InChI is InChI=1S/C18H21BrO/c1-11-5-6-12(2)15(7-11)10-17(20)16-8-13(3)18(19)14(4)9-16/h5-9,17,20H,10H2,1-4H3. The maximum atomic E-state index is 10.5. The van der Waals surface area contributed by atoms with Crippen LogP contribution in [-0.4, -0.2) is 5.11 Å². The molecule has 20 heavy (non-hydrogen) atoms. The number of aliphatic hydroxyl groups excluding tert-OH is 1. The van der Waals surface area contributed by atoms with Gasteiger partial charge in [0, 0.05) is 10.9 Å². The molecule has 2 rings (SSSR count). The number of hydrogen-bond donors (Lipinski definition) is 1. The van der Waals surface area contributed by atoms with Gasteiger partial charge in [-0.15, -0.1) is 0 Å². The van der Waals surface area contributed by atoms with Gasteiger partial charge in [0.05, 0.1) is 6.10 Å². The number of aryl methyl sites for hydroxylation is 4. The second-order valence-electron chi connectivity index (χ2n) is 5.62. The van der Waals surface area contributed by atoms with Crippen LogP contribution in [0.2, 0.25) is 0 Å². The minimum atomic E-state index is -0.457. The molecule has 0 aliphatic carbocycles. The maximum absolute atomic E-state index is 10.5.